The quantitative estimate of drug-likeness (QED) is 0.863. The highest BCUT2D eigenvalue weighted by Crippen LogP contribution is 2.17. The van der Waals surface area contributed by atoms with Crippen LogP contribution < -0.4 is 10.6 Å². The van der Waals surface area contributed by atoms with Gasteiger partial charge in [0, 0.05) is 12.2 Å². The van der Waals surface area contributed by atoms with Crippen LogP contribution >= 0.6 is 0 Å². The van der Waals surface area contributed by atoms with Gasteiger partial charge in [-0.3, -0.25) is 4.98 Å². The topological polar surface area (TPSA) is 54.0 Å². The van der Waals surface area contributed by atoms with Gasteiger partial charge in [0.25, 0.3) is 0 Å². The maximum atomic E-state index is 11.8. The minimum absolute atomic E-state index is 0.0604. The molecule has 0 saturated heterocycles. The highest BCUT2D eigenvalue weighted by Gasteiger charge is 2.17. The molecule has 1 aromatic rings. The van der Waals surface area contributed by atoms with E-state index in [0.717, 1.165) is 18.5 Å². The lowest BCUT2D eigenvalue weighted by molar-refractivity contribution is 0.229. The molecule has 98 valence electrons. The monoisotopic (exact) mass is 247 g/mol. The number of nitrogens with one attached hydrogen (secondary N) is 2. The van der Waals surface area contributed by atoms with Gasteiger partial charge in [0.15, 0.2) is 0 Å². The molecule has 1 unspecified atom stereocenters. The average molecular weight is 247 g/mol. The van der Waals surface area contributed by atoms with E-state index < -0.39 is 0 Å². The number of rotatable bonds is 3. The summed E-state index contributed by atoms with van der Waals surface area (Å²) >= 11 is 0. The number of aromatic nitrogens is 1. The van der Waals surface area contributed by atoms with Crippen molar-refractivity contribution in [2.45, 2.75) is 51.1 Å². The van der Waals surface area contributed by atoms with Gasteiger partial charge in [-0.1, -0.05) is 25.3 Å². The summed E-state index contributed by atoms with van der Waals surface area (Å²) in [4.78, 5) is 16.1. The molecule has 1 aliphatic rings. The van der Waals surface area contributed by atoms with Crippen molar-refractivity contribution >= 4 is 6.03 Å². The first-order valence-electron chi connectivity index (χ1n) is 6.73. The molecule has 1 heterocycles. The summed E-state index contributed by atoms with van der Waals surface area (Å²) in [6.07, 6.45) is 7.69. The number of urea groups is 1. The molecule has 4 heteroatoms. The molecule has 1 atom stereocenters. The summed E-state index contributed by atoms with van der Waals surface area (Å²) in [6, 6.07) is 5.92. The highest BCUT2D eigenvalue weighted by molar-refractivity contribution is 5.74. The molecule has 1 fully saturated rings. The van der Waals surface area contributed by atoms with E-state index in [4.69, 9.17) is 0 Å². The van der Waals surface area contributed by atoms with Crippen molar-refractivity contribution in [1.29, 1.82) is 0 Å². The van der Waals surface area contributed by atoms with Crippen LogP contribution in [0.25, 0.3) is 0 Å². The summed E-state index contributed by atoms with van der Waals surface area (Å²) < 4.78 is 0. The Bertz CT molecular complexity index is 374. The third kappa shape index (κ3) is 3.72. The second-order valence-corrected chi connectivity index (χ2v) is 4.93. The molecule has 0 aliphatic heterocycles. The van der Waals surface area contributed by atoms with Crippen LogP contribution in [0.3, 0.4) is 0 Å². The number of hydrogen-bond acceptors (Lipinski definition) is 2. The molecule has 1 saturated carbocycles. The predicted molar refractivity (Wildman–Crippen MR) is 71.2 cm³/mol. The second kappa shape index (κ2) is 6.38. The van der Waals surface area contributed by atoms with Gasteiger partial charge < -0.3 is 10.6 Å². The Balaban J connectivity index is 1.80. The lowest BCUT2D eigenvalue weighted by Crippen LogP contribution is -2.43. The summed E-state index contributed by atoms with van der Waals surface area (Å²) in [5.74, 6) is 0. The van der Waals surface area contributed by atoms with Gasteiger partial charge in [-0.25, -0.2) is 4.79 Å². The molecular formula is C14H21N3O. The zero-order valence-corrected chi connectivity index (χ0v) is 10.9. The van der Waals surface area contributed by atoms with Crippen molar-refractivity contribution in [2.75, 3.05) is 0 Å². The number of carbonyl (C=O) groups is 1. The van der Waals surface area contributed by atoms with Crippen molar-refractivity contribution in [3.05, 3.63) is 30.1 Å². The molecule has 0 spiro atoms. The van der Waals surface area contributed by atoms with Crippen LogP contribution in [0, 0.1) is 0 Å². The van der Waals surface area contributed by atoms with Crippen molar-refractivity contribution in [3.8, 4) is 0 Å². The van der Waals surface area contributed by atoms with E-state index in [2.05, 4.69) is 15.6 Å². The van der Waals surface area contributed by atoms with Gasteiger partial charge in [0.2, 0.25) is 0 Å². The molecular weight excluding hydrogens is 226 g/mol. The maximum absolute atomic E-state index is 11.8. The lowest BCUT2D eigenvalue weighted by atomic mass is 9.96. The summed E-state index contributed by atoms with van der Waals surface area (Å²) in [5.41, 5.74) is 0.885. The van der Waals surface area contributed by atoms with Gasteiger partial charge in [-0.15, -0.1) is 0 Å². The normalized spacial score (nSPS) is 18.1. The fourth-order valence-electron chi connectivity index (χ4n) is 2.38. The molecule has 2 amide bonds. The molecule has 4 nitrogen and oxygen atoms in total. The Morgan fingerprint density at radius 3 is 2.78 bits per heavy atom. The summed E-state index contributed by atoms with van der Waals surface area (Å²) in [6.45, 7) is 1.95. The van der Waals surface area contributed by atoms with Crippen molar-refractivity contribution in [3.63, 3.8) is 0 Å². The van der Waals surface area contributed by atoms with Gasteiger partial charge in [0.1, 0.15) is 0 Å². The van der Waals surface area contributed by atoms with E-state index in [9.17, 15) is 4.79 Å². The smallest absolute Gasteiger partial charge is 0.315 e. The number of amides is 2. The largest absolute Gasteiger partial charge is 0.335 e. The standard InChI is InChI=1S/C14H21N3O/c1-11(13-9-5-6-10-15-13)16-14(18)17-12-7-3-2-4-8-12/h5-6,9-12H,2-4,7-8H2,1H3,(H2,16,17,18). The average Bonchev–Trinajstić information content (AvgIpc) is 2.40. The molecule has 1 aromatic heterocycles. The fraction of sp³-hybridized carbons (Fsp3) is 0.571. The number of pyridine rings is 1. The molecule has 2 rings (SSSR count). The molecule has 0 radical (unpaired) electrons. The van der Waals surface area contributed by atoms with Crippen LogP contribution in [-0.2, 0) is 0 Å². The van der Waals surface area contributed by atoms with E-state index in [1.807, 2.05) is 25.1 Å². The first-order valence-corrected chi connectivity index (χ1v) is 6.73. The minimum atomic E-state index is -0.0833. The molecule has 1 aliphatic carbocycles. The Hall–Kier alpha value is -1.58. The van der Waals surface area contributed by atoms with Crippen molar-refractivity contribution in [1.82, 2.24) is 15.6 Å². The van der Waals surface area contributed by atoms with Crippen LogP contribution in [0.4, 0.5) is 4.79 Å². The lowest BCUT2D eigenvalue weighted by Gasteiger charge is -2.24. The zero-order valence-electron chi connectivity index (χ0n) is 10.9. The van der Waals surface area contributed by atoms with Gasteiger partial charge >= 0.3 is 6.03 Å². The van der Waals surface area contributed by atoms with E-state index >= 15 is 0 Å². The Kier molecular flexibility index (Phi) is 4.56. The first kappa shape index (κ1) is 12.9. The van der Waals surface area contributed by atoms with E-state index in [1.165, 1.54) is 19.3 Å². The molecule has 0 aromatic carbocycles. The molecule has 18 heavy (non-hydrogen) atoms. The Morgan fingerprint density at radius 1 is 1.33 bits per heavy atom. The predicted octanol–water partition coefficient (Wildman–Crippen LogP) is 2.77. The Labute approximate surface area is 108 Å². The van der Waals surface area contributed by atoms with Crippen LogP contribution in [0.2, 0.25) is 0 Å². The van der Waals surface area contributed by atoms with Crippen LogP contribution in [0.5, 0.6) is 0 Å². The van der Waals surface area contributed by atoms with Crippen molar-refractivity contribution in [2.24, 2.45) is 0 Å². The summed E-state index contributed by atoms with van der Waals surface area (Å²) in [7, 11) is 0. The van der Waals surface area contributed by atoms with Gasteiger partial charge in [-0.05, 0) is 31.9 Å². The van der Waals surface area contributed by atoms with E-state index in [0.29, 0.717) is 6.04 Å². The summed E-state index contributed by atoms with van der Waals surface area (Å²) in [5, 5.41) is 5.97. The highest BCUT2D eigenvalue weighted by atomic mass is 16.2. The number of nitrogens with zero attached hydrogens (tertiary/aromatic N) is 1. The number of carbonyl (C=O) groups excluding carboxylic acids is 1. The van der Waals surface area contributed by atoms with E-state index in [1.54, 1.807) is 6.20 Å². The number of hydrogen-bond donors (Lipinski definition) is 2. The third-order valence-corrected chi connectivity index (χ3v) is 3.42. The van der Waals surface area contributed by atoms with Crippen LogP contribution in [0.15, 0.2) is 24.4 Å². The SMILES string of the molecule is CC(NC(=O)NC1CCCCC1)c1ccccn1. The molecule has 2 N–H and O–H groups in total. The van der Waals surface area contributed by atoms with Crippen LogP contribution in [0.1, 0.15) is 50.8 Å². The Morgan fingerprint density at radius 2 is 2.11 bits per heavy atom. The third-order valence-electron chi connectivity index (χ3n) is 3.42. The van der Waals surface area contributed by atoms with Crippen molar-refractivity contribution < 1.29 is 4.79 Å². The maximum Gasteiger partial charge on any atom is 0.315 e. The zero-order chi connectivity index (χ0) is 12.8. The van der Waals surface area contributed by atoms with Gasteiger partial charge in [-0.2, -0.15) is 0 Å². The molecule has 0 bridgehead atoms. The second-order valence-electron chi connectivity index (χ2n) is 4.93. The minimum Gasteiger partial charge on any atom is -0.335 e. The first-order chi connectivity index (χ1) is 8.75. The van der Waals surface area contributed by atoms with E-state index in [-0.39, 0.29) is 12.1 Å². The van der Waals surface area contributed by atoms with Crippen LogP contribution in [-0.4, -0.2) is 17.1 Å². The fourth-order valence-corrected chi connectivity index (χ4v) is 2.38. The van der Waals surface area contributed by atoms with Gasteiger partial charge in [0.05, 0.1) is 11.7 Å².